The van der Waals surface area contributed by atoms with E-state index in [1.165, 1.54) is 23.4 Å². The first-order valence-corrected chi connectivity index (χ1v) is 12.6. The molecule has 1 N–H and O–H groups in total. The summed E-state index contributed by atoms with van der Waals surface area (Å²) in [6, 6.07) is 10.8. The molecule has 2 aromatic carbocycles. The molecule has 1 saturated heterocycles. The molecule has 33 heavy (non-hydrogen) atoms. The van der Waals surface area contributed by atoms with Gasteiger partial charge in [-0.1, -0.05) is 12.1 Å². The van der Waals surface area contributed by atoms with Gasteiger partial charge in [0.1, 0.15) is 5.82 Å². The fourth-order valence-electron chi connectivity index (χ4n) is 4.71. The molecule has 0 bridgehead atoms. The average Bonchev–Trinajstić information content (AvgIpc) is 3.13. The molecule has 2 amide bonds. The van der Waals surface area contributed by atoms with Gasteiger partial charge < -0.3 is 10.2 Å². The highest BCUT2D eigenvalue weighted by Gasteiger charge is 2.35. The van der Waals surface area contributed by atoms with Crippen molar-refractivity contribution in [1.29, 1.82) is 0 Å². The number of nitrogens with one attached hydrogen (secondary N) is 1. The summed E-state index contributed by atoms with van der Waals surface area (Å²) in [4.78, 5) is 26.5. The number of halogens is 1. The number of piperidine rings is 1. The Bertz CT molecular complexity index is 1170. The average molecular weight is 474 g/mol. The van der Waals surface area contributed by atoms with Crippen molar-refractivity contribution in [2.45, 2.75) is 50.6 Å². The van der Waals surface area contributed by atoms with Crippen LogP contribution in [0.1, 0.15) is 37.8 Å². The van der Waals surface area contributed by atoms with Crippen molar-refractivity contribution in [3.8, 4) is 0 Å². The topological polar surface area (TPSA) is 86.8 Å². The zero-order chi connectivity index (χ0) is 23.8. The minimum Gasteiger partial charge on any atom is -0.352 e. The van der Waals surface area contributed by atoms with E-state index in [2.05, 4.69) is 5.32 Å². The van der Waals surface area contributed by atoms with Crippen LogP contribution in [0.4, 0.5) is 10.1 Å². The van der Waals surface area contributed by atoms with Crippen LogP contribution >= 0.6 is 0 Å². The first kappa shape index (κ1) is 23.4. The number of anilines is 1. The van der Waals surface area contributed by atoms with Crippen LogP contribution in [-0.4, -0.2) is 43.7 Å². The Morgan fingerprint density at radius 3 is 2.58 bits per heavy atom. The first-order chi connectivity index (χ1) is 15.7. The quantitative estimate of drug-likeness (QED) is 0.724. The summed E-state index contributed by atoms with van der Waals surface area (Å²) < 4.78 is 41.1. The van der Waals surface area contributed by atoms with Gasteiger partial charge in [-0.2, -0.15) is 4.31 Å². The molecule has 4 rings (SSSR count). The molecule has 2 aliphatic heterocycles. The fraction of sp³-hybridized carbons (Fsp3) is 0.417. The third-order valence-electron chi connectivity index (χ3n) is 6.38. The number of nitrogens with zero attached hydrogens (tertiary/aromatic N) is 2. The molecular formula is C24H28FN3O4S. The van der Waals surface area contributed by atoms with E-state index in [9.17, 15) is 22.4 Å². The predicted octanol–water partition coefficient (Wildman–Crippen LogP) is 2.84. The zero-order valence-electron chi connectivity index (χ0n) is 18.8. The number of hydrogen-bond acceptors (Lipinski definition) is 4. The monoisotopic (exact) mass is 473 g/mol. The summed E-state index contributed by atoms with van der Waals surface area (Å²) in [6.45, 7) is 4.18. The second kappa shape index (κ2) is 9.23. The molecule has 0 aliphatic carbocycles. The number of fused-ring (bicyclic) bond motifs is 1. The number of carbonyl (C=O) groups is 2. The van der Waals surface area contributed by atoms with Crippen molar-refractivity contribution >= 4 is 27.5 Å². The molecule has 0 unspecified atom stereocenters. The smallest absolute Gasteiger partial charge is 0.243 e. The molecule has 9 heteroatoms. The van der Waals surface area contributed by atoms with Crippen LogP contribution in [-0.2, 0) is 32.6 Å². The summed E-state index contributed by atoms with van der Waals surface area (Å²) in [5, 5.41) is 2.83. The minimum atomic E-state index is -3.77. The maximum Gasteiger partial charge on any atom is 0.243 e. The third-order valence-corrected chi connectivity index (χ3v) is 8.24. The largest absolute Gasteiger partial charge is 0.352 e. The third kappa shape index (κ3) is 4.79. The zero-order valence-corrected chi connectivity index (χ0v) is 19.6. The molecule has 2 heterocycles. The highest BCUT2D eigenvalue weighted by atomic mass is 32.2. The molecule has 2 aliphatic rings. The Labute approximate surface area is 193 Å². The van der Waals surface area contributed by atoms with Gasteiger partial charge in [-0.25, -0.2) is 12.8 Å². The first-order valence-electron chi connectivity index (χ1n) is 11.1. The fourth-order valence-corrected chi connectivity index (χ4v) is 6.28. The predicted molar refractivity (Wildman–Crippen MR) is 122 cm³/mol. The molecule has 1 fully saturated rings. The van der Waals surface area contributed by atoms with Gasteiger partial charge in [0.05, 0.1) is 10.8 Å². The van der Waals surface area contributed by atoms with Crippen LogP contribution in [0.2, 0.25) is 0 Å². The molecule has 2 atom stereocenters. The highest BCUT2D eigenvalue weighted by molar-refractivity contribution is 7.89. The highest BCUT2D eigenvalue weighted by Crippen LogP contribution is 2.35. The Kier molecular flexibility index (Phi) is 6.54. The summed E-state index contributed by atoms with van der Waals surface area (Å²) in [5.74, 6) is -1.06. The van der Waals surface area contributed by atoms with E-state index < -0.39 is 15.9 Å². The Hall–Kier alpha value is -2.78. The van der Waals surface area contributed by atoms with Crippen LogP contribution in [0.5, 0.6) is 0 Å². The van der Waals surface area contributed by atoms with Gasteiger partial charge >= 0.3 is 0 Å². The van der Waals surface area contributed by atoms with Crippen LogP contribution < -0.4 is 10.2 Å². The van der Waals surface area contributed by atoms with E-state index in [4.69, 9.17) is 0 Å². The van der Waals surface area contributed by atoms with Crippen molar-refractivity contribution in [2.24, 2.45) is 5.92 Å². The van der Waals surface area contributed by atoms with E-state index in [1.807, 2.05) is 6.92 Å². The molecule has 2 aromatic rings. The van der Waals surface area contributed by atoms with Crippen LogP contribution in [0.25, 0.3) is 0 Å². The number of amides is 2. The lowest BCUT2D eigenvalue weighted by atomic mass is 9.99. The Balaban J connectivity index is 1.45. The second-order valence-corrected chi connectivity index (χ2v) is 10.7. The number of benzene rings is 2. The van der Waals surface area contributed by atoms with Gasteiger partial charge in [0.25, 0.3) is 0 Å². The van der Waals surface area contributed by atoms with Crippen LogP contribution in [0.3, 0.4) is 0 Å². The number of hydrogen-bond donors (Lipinski definition) is 1. The maximum absolute atomic E-state index is 13.3. The number of rotatable bonds is 5. The molecular weight excluding hydrogens is 445 g/mol. The Morgan fingerprint density at radius 2 is 1.88 bits per heavy atom. The number of carbonyl (C=O) groups excluding carboxylic acids is 2. The van der Waals surface area contributed by atoms with E-state index in [1.54, 1.807) is 35.2 Å². The Morgan fingerprint density at radius 1 is 1.15 bits per heavy atom. The van der Waals surface area contributed by atoms with E-state index in [0.717, 1.165) is 16.8 Å². The van der Waals surface area contributed by atoms with Gasteiger partial charge in [-0.3, -0.25) is 9.59 Å². The lowest BCUT2D eigenvalue weighted by Gasteiger charge is -2.31. The van der Waals surface area contributed by atoms with Gasteiger partial charge in [0.2, 0.25) is 21.8 Å². The van der Waals surface area contributed by atoms with Gasteiger partial charge in [0.15, 0.2) is 0 Å². The van der Waals surface area contributed by atoms with E-state index >= 15 is 0 Å². The van der Waals surface area contributed by atoms with E-state index in [-0.39, 0.29) is 41.7 Å². The van der Waals surface area contributed by atoms with Crippen LogP contribution in [0.15, 0.2) is 47.4 Å². The molecule has 0 saturated carbocycles. The van der Waals surface area contributed by atoms with Crippen LogP contribution in [0, 0.1) is 11.7 Å². The van der Waals surface area contributed by atoms with Crippen molar-refractivity contribution in [3.05, 3.63) is 59.4 Å². The van der Waals surface area contributed by atoms with Crippen molar-refractivity contribution < 1.29 is 22.4 Å². The summed E-state index contributed by atoms with van der Waals surface area (Å²) in [5.41, 5.74) is 2.37. The van der Waals surface area contributed by atoms with Crippen molar-refractivity contribution in [1.82, 2.24) is 9.62 Å². The molecule has 176 valence electrons. The summed E-state index contributed by atoms with van der Waals surface area (Å²) in [6.07, 6.45) is 1.80. The van der Waals surface area contributed by atoms with Crippen molar-refractivity contribution in [2.75, 3.05) is 18.0 Å². The number of sulfonamides is 1. The van der Waals surface area contributed by atoms with Crippen molar-refractivity contribution in [3.63, 3.8) is 0 Å². The molecule has 7 nitrogen and oxygen atoms in total. The maximum atomic E-state index is 13.3. The minimum absolute atomic E-state index is 0.0142. The SMILES string of the molecule is CC(=O)N1c2ccc(S(=O)(=O)N3CCC[C@H](C(=O)NCc4ccc(F)cc4)C3)cc2C[C@H]1C. The molecule has 0 spiro atoms. The molecule has 0 aromatic heterocycles. The molecule has 0 radical (unpaired) electrons. The lowest BCUT2D eigenvalue weighted by molar-refractivity contribution is -0.126. The summed E-state index contributed by atoms with van der Waals surface area (Å²) >= 11 is 0. The lowest BCUT2D eigenvalue weighted by Crippen LogP contribution is -2.45. The standard InChI is InChI=1S/C24H28FN3O4S/c1-16-12-20-13-22(9-10-23(20)28(16)17(2)29)33(31,32)27-11-3-4-19(15-27)24(30)26-14-18-5-7-21(25)8-6-18/h5-10,13,16,19H,3-4,11-12,14-15H2,1-2H3,(H,26,30)/t16-,19+/m1/s1. The summed E-state index contributed by atoms with van der Waals surface area (Å²) in [7, 11) is -3.77. The van der Waals surface area contributed by atoms with Gasteiger partial charge in [0, 0.05) is 38.3 Å². The normalized spacial score (nSPS) is 21.0. The van der Waals surface area contributed by atoms with E-state index in [0.29, 0.717) is 25.8 Å². The second-order valence-electron chi connectivity index (χ2n) is 8.78. The van der Waals surface area contributed by atoms with Gasteiger partial charge in [-0.15, -0.1) is 0 Å². The van der Waals surface area contributed by atoms with Gasteiger partial charge in [-0.05, 0) is 67.6 Å².